The molecule has 0 aliphatic heterocycles. The lowest BCUT2D eigenvalue weighted by Crippen LogP contribution is -2.01. The summed E-state index contributed by atoms with van der Waals surface area (Å²) in [6.07, 6.45) is 1.39. The van der Waals surface area contributed by atoms with Crippen LogP contribution < -0.4 is 0 Å². The van der Waals surface area contributed by atoms with Crippen LogP contribution in [-0.2, 0) is 6.54 Å². The van der Waals surface area contributed by atoms with Crippen molar-refractivity contribution in [3.8, 4) is 11.5 Å². The van der Waals surface area contributed by atoms with Crippen LogP contribution in [0.25, 0.3) is 33.3 Å². The molecule has 30 heavy (non-hydrogen) atoms. The first-order chi connectivity index (χ1) is 14.5. The Morgan fingerprint density at radius 3 is 2.73 bits per heavy atom. The number of fused-ring (bicyclic) bond motifs is 3. The molecule has 7 heteroatoms. The van der Waals surface area contributed by atoms with Gasteiger partial charge in [-0.25, -0.2) is 14.8 Å². The van der Waals surface area contributed by atoms with Crippen molar-refractivity contribution >= 4 is 39.4 Å². The number of halogens is 1. The van der Waals surface area contributed by atoms with E-state index in [9.17, 15) is 4.79 Å². The fraction of sp³-hybridized carbons (Fsp3) is 0.0870. The highest BCUT2D eigenvalue weighted by Crippen LogP contribution is 2.34. The number of carboxylic acid groups (broad SMARTS) is 1. The standard InChI is InChI=1S/C23H16ClN3O3/c1-13-21-17(10-18(26-13)20-11-25-22(30-20)23(28)29)16-7-2-3-8-19(16)27(21)12-14-5-4-6-15(24)9-14/h2-11H,12H2,1H3,(H,28,29). The number of rotatable bonds is 4. The number of pyridine rings is 1. The minimum atomic E-state index is -1.21. The molecule has 0 spiro atoms. The Bertz CT molecular complexity index is 1430. The maximum Gasteiger partial charge on any atom is 0.392 e. The maximum absolute atomic E-state index is 11.1. The highest BCUT2D eigenvalue weighted by atomic mass is 35.5. The van der Waals surface area contributed by atoms with Crippen molar-refractivity contribution in [3.63, 3.8) is 0 Å². The maximum atomic E-state index is 11.1. The smallest absolute Gasteiger partial charge is 0.392 e. The average Bonchev–Trinajstić information content (AvgIpc) is 3.33. The average molecular weight is 418 g/mol. The molecule has 0 atom stereocenters. The predicted octanol–water partition coefficient (Wildman–Crippen LogP) is 5.55. The van der Waals surface area contributed by atoms with Crippen LogP contribution in [0.4, 0.5) is 0 Å². The molecule has 2 aromatic carbocycles. The van der Waals surface area contributed by atoms with Crippen LogP contribution >= 0.6 is 11.6 Å². The zero-order valence-electron chi connectivity index (χ0n) is 16.0. The Hall–Kier alpha value is -3.64. The summed E-state index contributed by atoms with van der Waals surface area (Å²) in [6, 6.07) is 17.9. The van der Waals surface area contributed by atoms with Crippen molar-refractivity contribution < 1.29 is 14.3 Å². The summed E-state index contributed by atoms with van der Waals surface area (Å²) in [4.78, 5) is 19.6. The number of carbonyl (C=O) groups is 1. The number of oxazole rings is 1. The molecule has 6 nitrogen and oxygen atoms in total. The Morgan fingerprint density at radius 1 is 1.13 bits per heavy atom. The van der Waals surface area contributed by atoms with Gasteiger partial charge in [0, 0.05) is 27.9 Å². The van der Waals surface area contributed by atoms with Crippen molar-refractivity contribution in [2.45, 2.75) is 13.5 Å². The molecule has 3 heterocycles. The third-order valence-electron chi connectivity index (χ3n) is 5.09. The van der Waals surface area contributed by atoms with E-state index in [0.29, 0.717) is 23.0 Å². The van der Waals surface area contributed by atoms with Gasteiger partial charge in [-0.15, -0.1) is 0 Å². The molecular weight excluding hydrogens is 402 g/mol. The van der Waals surface area contributed by atoms with Crippen LogP contribution in [-0.4, -0.2) is 25.6 Å². The molecule has 0 fully saturated rings. The van der Waals surface area contributed by atoms with E-state index in [2.05, 4.69) is 26.7 Å². The lowest BCUT2D eigenvalue weighted by Gasteiger charge is -2.10. The van der Waals surface area contributed by atoms with Crippen molar-refractivity contribution in [1.29, 1.82) is 0 Å². The van der Waals surface area contributed by atoms with E-state index in [0.717, 1.165) is 33.1 Å². The molecule has 1 N–H and O–H groups in total. The summed E-state index contributed by atoms with van der Waals surface area (Å²) in [6.45, 7) is 2.59. The number of nitrogens with zero attached hydrogens (tertiary/aromatic N) is 3. The number of aromatic nitrogens is 3. The molecule has 0 aliphatic carbocycles. The summed E-state index contributed by atoms with van der Waals surface area (Å²) < 4.78 is 7.60. The molecule has 5 aromatic rings. The summed E-state index contributed by atoms with van der Waals surface area (Å²) >= 11 is 6.19. The molecule has 3 aromatic heterocycles. The van der Waals surface area contributed by atoms with Gasteiger partial charge in [-0.05, 0) is 36.8 Å². The van der Waals surface area contributed by atoms with Gasteiger partial charge in [0.15, 0.2) is 5.76 Å². The van der Waals surface area contributed by atoms with Crippen LogP contribution in [0.2, 0.25) is 5.02 Å². The highest BCUT2D eigenvalue weighted by molar-refractivity contribution is 6.30. The fourth-order valence-electron chi connectivity index (χ4n) is 3.87. The molecule has 0 saturated carbocycles. The monoisotopic (exact) mass is 417 g/mol. The van der Waals surface area contributed by atoms with Crippen molar-refractivity contribution in [3.05, 3.63) is 83.0 Å². The molecule has 148 valence electrons. The minimum Gasteiger partial charge on any atom is -0.474 e. The van der Waals surface area contributed by atoms with E-state index in [-0.39, 0.29) is 5.89 Å². The number of aromatic carboxylic acids is 1. The second-order valence-electron chi connectivity index (χ2n) is 7.06. The Balaban J connectivity index is 1.73. The molecule has 0 radical (unpaired) electrons. The number of hydrogen-bond donors (Lipinski definition) is 1. The van der Waals surface area contributed by atoms with Crippen LogP contribution in [0.1, 0.15) is 21.9 Å². The van der Waals surface area contributed by atoms with Gasteiger partial charge in [0.25, 0.3) is 0 Å². The predicted molar refractivity (Wildman–Crippen MR) is 115 cm³/mol. The third kappa shape index (κ3) is 3.02. The van der Waals surface area contributed by atoms with Gasteiger partial charge in [0.2, 0.25) is 0 Å². The number of carboxylic acids is 1. The zero-order valence-corrected chi connectivity index (χ0v) is 16.7. The van der Waals surface area contributed by atoms with E-state index in [4.69, 9.17) is 21.1 Å². The van der Waals surface area contributed by atoms with Crippen LogP contribution in [0.3, 0.4) is 0 Å². The molecular formula is C23H16ClN3O3. The Labute approximate surface area is 176 Å². The quantitative estimate of drug-likeness (QED) is 0.414. The van der Waals surface area contributed by atoms with Crippen LogP contribution in [0, 0.1) is 6.92 Å². The largest absolute Gasteiger partial charge is 0.474 e. The van der Waals surface area contributed by atoms with Gasteiger partial charge in [-0.3, -0.25) is 0 Å². The van der Waals surface area contributed by atoms with Gasteiger partial charge in [-0.2, -0.15) is 0 Å². The SMILES string of the molecule is Cc1nc(-c2cnc(C(=O)O)o2)cc2c3ccccc3n(Cc3cccc(Cl)c3)c12. The Kier molecular flexibility index (Phi) is 4.29. The molecule has 0 aliphatic rings. The zero-order chi connectivity index (χ0) is 20.8. The molecule has 0 saturated heterocycles. The molecule has 0 amide bonds. The summed E-state index contributed by atoms with van der Waals surface area (Å²) in [5.74, 6) is -1.24. The number of para-hydroxylation sites is 1. The van der Waals surface area contributed by atoms with Crippen molar-refractivity contribution in [2.24, 2.45) is 0 Å². The van der Waals surface area contributed by atoms with E-state index in [1.54, 1.807) is 0 Å². The first-order valence-electron chi connectivity index (χ1n) is 9.34. The van der Waals surface area contributed by atoms with E-state index >= 15 is 0 Å². The number of aryl methyl sites for hydroxylation is 1. The fourth-order valence-corrected chi connectivity index (χ4v) is 4.08. The van der Waals surface area contributed by atoms with Crippen molar-refractivity contribution in [2.75, 3.05) is 0 Å². The number of hydrogen-bond acceptors (Lipinski definition) is 4. The normalized spacial score (nSPS) is 11.4. The van der Waals surface area contributed by atoms with Gasteiger partial charge in [0.05, 0.1) is 17.4 Å². The van der Waals surface area contributed by atoms with Gasteiger partial charge < -0.3 is 14.1 Å². The van der Waals surface area contributed by atoms with Crippen LogP contribution in [0.5, 0.6) is 0 Å². The summed E-state index contributed by atoms with van der Waals surface area (Å²) in [7, 11) is 0. The first kappa shape index (κ1) is 18.4. The van der Waals surface area contributed by atoms with E-state index in [1.165, 1.54) is 6.20 Å². The van der Waals surface area contributed by atoms with Gasteiger partial charge in [0.1, 0.15) is 5.69 Å². The third-order valence-corrected chi connectivity index (χ3v) is 5.33. The first-order valence-corrected chi connectivity index (χ1v) is 9.71. The van der Waals surface area contributed by atoms with Gasteiger partial charge >= 0.3 is 11.9 Å². The molecule has 0 unspecified atom stereocenters. The topological polar surface area (TPSA) is 81.2 Å². The lowest BCUT2D eigenvalue weighted by atomic mass is 10.1. The summed E-state index contributed by atoms with van der Waals surface area (Å²) in [5.41, 5.74) is 4.55. The minimum absolute atomic E-state index is 0.323. The van der Waals surface area contributed by atoms with Crippen LogP contribution in [0.15, 0.2) is 65.2 Å². The number of benzene rings is 2. The Morgan fingerprint density at radius 2 is 1.97 bits per heavy atom. The van der Waals surface area contributed by atoms with Gasteiger partial charge in [-0.1, -0.05) is 41.9 Å². The van der Waals surface area contributed by atoms with E-state index in [1.807, 2.05) is 49.4 Å². The lowest BCUT2D eigenvalue weighted by molar-refractivity contribution is 0.0654. The summed E-state index contributed by atoms with van der Waals surface area (Å²) in [5, 5.41) is 11.9. The van der Waals surface area contributed by atoms with Crippen molar-refractivity contribution in [1.82, 2.24) is 14.5 Å². The van der Waals surface area contributed by atoms with E-state index < -0.39 is 5.97 Å². The highest BCUT2D eigenvalue weighted by Gasteiger charge is 2.18. The molecule has 5 rings (SSSR count). The molecule has 0 bridgehead atoms. The second kappa shape index (κ2) is 7.00. The second-order valence-corrected chi connectivity index (χ2v) is 7.49.